The molecule has 12 rings (SSSR count). The van der Waals surface area contributed by atoms with Crippen LogP contribution in [0.25, 0.3) is 95.6 Å². The summed E-state index contributed by atoms with van der Waals surface area (Å²) in [7, 11) is 0. The van der Waals surface area contributed by atoms with Crippen LogP contribution in [0.4, 0.5) is 0 Å². The molecule has 0 amide bonds. The fourth-order valence-corrected chi connectivity index (χ4v) is 10.4. The minimum Gasteiger partial charge on any atom is -0.506 e. The average Bonchev–Trinajstić information content (AvgIpc) is 3.96. The third-order valence-electron chi connectivity index (χ3n) is 10.3. The first-order valence-electron chi connectivity index (χ1n) is 17.4. The molecule has 54 heavy (non-hydrogen) atoms. The Labute approximate surface area is 330 Å². The number of hydrogen-bond donors (Lipinski definition) is 0. The van der Waals surface area contributed by atoms with Crippen LogP contribution in [0.3, 0.4) is 0 Å². The van der Waals surface area contributed by atoms with Crippen molar-refractivity contribution in [3.05, 3.63) is 158 Å². The molecule has 5 nitrogen and oxygen atoms in total. The van der Waals surface area contributed by atoms with Gasteiger partial charge >= 0.3 is 21.1 Å². The first-order valence-corrected chi connectivity index (χ1v) is 19.0. The third-order valence-corrected chi connectivity index (χ3v) is 12.6. The summed E-state index contributed by atoms with van der Waals surface area (Å²) in [6, 6.07) is 54.1. The Hall–Kier alpha value is -5.85. The maximum atomic E-state index is 7.30. The van der Waals surface area contributed by atoms with Crippen molar-refractivity contribution >= 4 is 107 Å². The van der Waals surface area contributed by atoms with E-state index in [0.29, 0.717) is 11.5 Å². The summed E-state index contributed by atoms with van der Waals surface area (Å²) in [6.07, 6.45) is 3.68. The number of nitrogens with zero attached hydrogens (tertiary/aromatic N) is 4. The Bertz CT molecular complexity index is 3210. The first kappa shape index (κ1) is 31.7. The second kappa shape index (κ2) is 12.1. The van der Waals surface area contributed by atoms with Crippen LogP contribution in [0.15, 0.2) is 146 Å². The second-order valence-electron chi connectivity index (χ2n) is 13.1. The van der Waals surface area contributed by atoms with Gasteiger partial charge in [-0.3, -0.25) is 0 Å². The van der Waals surface area contributed by atoms with Gasteiger partial charge in [-0.05, 0) is 79.5 Å². The molecule has 0 aliphatic rings. The summed E-state index contributed by atoms with van der Waals surface area (Å²) in [4.78, 5) is 9.63. The molecule has 6 aromatic heterocycles. The molecule has 6 aromatic carbocycles. The molecule has 256 valence electrons. The Morgan fingerprint density at radius 2 is 0.852 bits per heavy atom. The number of aromatic nitrogens is 4. The van der Waals surface area contributed by atoms with Crippen molar-refractivity contribution < 1.29 is 25.8 Å². The van der Waals surface area contributed by atoms with E-state index in [2.05, 4.69) is 130 Å². The van der Waals surface area contributed by atoms with E-state index in [1.165, 1.54) is 20.2 Å². The van der Waals surface area contributed by atoms with E-state index in [0.717, 1.165) is 75.4 Å². The van der Waals surface area contributed by atoms with Gasteiger partial charge in [0.2, 0.25) is 0 Å². The summed E-state index contributed by atoms with van der Waals surface area (Å²) >= 11 is 3.49. The molecule has 6 heterocycles. The Morgan fingerprint density at radius 1 is 0.444 bits per heavy atom. The molecular weight excluding hydrogens is 884 g/mol. The normalized spacial score (nSPS) is 11.9. The molecule has 0 atom stereocenters. The monoisotopic (exact) mass is 907 g/mol. The number of fused-ring (bicyclic) bond motifs is 14. The fraction of sp³-hybridized carbons (Fsp3) is 0. The number of benzene rings is 6. The van der Waals surface area contributed by atoms with Gasteiger partial charge < -0.3 is 13.9 Å². The molecule has 0 saturated carbocycles. The van der Waals surface area contributed by atoms with Crippen molar-refractivity contribution in [2.75, 3.05) is 0 Å². The quantitative estimate of drug-likeness (QED) is 0.165. The van der Waals surface area contributed by atoms with Gasteiger partial charge in [-0.1, -0.05) is 118 Å². The zero-order chi connectivity index (χ0) is 34.6. The minimum atomic E-state index is 0. The number of pyridine rings is 2. The van der Waals surface area contributed by atoms with Crippen LogP contribution in [0.5, 0.6) is 11.5 Å². The van der Waals surface area contributed by atoms with Gasteiger partial charge in [-0.2, -0.15) is 0 Å². The third kappa shape index (κ3) is 4.40. The molecule has 0 radical (unpaired) electrons. The molecule has 0 aliphatic heterocycles. The zero-order valence-electron chi connectivity index (χ0n) is 28.2. The molecule has 0 bridgehead atoms. The van der Waals surface area contributed by atoms with E-state index < -0.39 is 0 Å². The predicted molar refractivity (Wildman–Crippen MR) is 221 cm³/mol. The van der Waals surface area contributed by atoms with Crippen LogP contribution in [0.2, 0.25) is 0 Å². The van der Waals surface area contributed by atoms with E-state index in [9.17, 15) is 0 Å². The number of thiophene rings is 2. The van der Waals surface area contributed by atoms with Gasteiger partial charge in [0.25, 0.3) is 0 Å². The molecule has 0 spiro atoms. The van der Waals surface area contributed by atoms with Crippen molar-refractivity contribution in [1.29, 1.82) is 0 Å². The van der Waals surface area contributed by atoms with Gasteiger partial charge in [0, 0.05) is 44.3 Å². The maximum absolute atomic E-state index is 7.30. The Kier molecular flexibility index (Phi) is 7.08. The standard InChI is InChI=1S/C46H24N4OS2.Pt/c1-5-17-31-27(13-1)41-33(49(31)39-21-9-11-23-47-39)25-35(45-43(41)29-15-3-7-19-37(29)52-45)51-36-26-34-42(44-30-16-4-8-20-38(30)53-46(36)44)28-14-2-6-18-32(28)50(34)40-22-10-12-24-48-40;/h1-24H;/q-2;+2. The molecule has 0 saturated heterocycles. The van der Waals surface area contributed by atoms with Gasteiger partial charge in [-0.15, -0.1) is 12.1 Å². The molecule has 0 aliphatic carbocycles. The summed E-state index contributed by atoms with van der Waals surface area (Å²) < 4.78 is 16.2. The van der Waals surface area contributed by atoms with Crippen LogP contribution in [-0.2, 0) is 21.1 Å². The molecule has 0 unspecified atom stereocenters. The van der Waals surface area contributed by atoms with Crippen molar-refractivity contribution in [2.45, 2.75) is 0 Å². The second-order valence-corrected chi connectivity index (χ2v) is 15.2. The van der Waals surface area contributed by atoms with E-state index in [1.54, 1.807) is 22.7 Å². The fourth-order valence-electron chi connectivity index (χ4n) is 8.15. The molecule has 0 fully saturated rings. The predicted octanol–water partition coefficient (Wildman–Crippen LogP) is 12.8. The first-order chi connectivity index (χ1) is 26.3. The van der Waals surface area contributed by atoms with Crippen LogP contribution in [-0.4, -0.2) is 19.1 Å². The molecule has 8 heteroatoms. The van der Waals surface area contributed by atoms with Crippen molar-refractivity contribution in [1.82, 2.24) is 19.1 Å². The summed E-state index contributed by atoms with van der Waals surface area (Å²) in [5, 5.41) is 9.33. The van der Waals surface area contributed by atoms with Crippen molar-refractivity contribution in [2.24, 2.45) is 0 Å². The van der Waals surface area contributed by atoms with Crippen LogP contribution in [0.1, 0.15) is 0 Å². The zero-order valence-corrected chi connectivity index (χ0v) is 32.1. The van der Waals surface area contributed by atoms with E-state index in [1.807, 2.05) is 36.7 Å². The average molecular weight is 908 g/mol. The van der Waals surface area contributed by atoms with E-state index in [4.69, 9.17) is 14.7 Å². The van der Waals surface area contributed by atoms with Gasteiger partial charge in [0.1, 0.15) is 11.6 Å². The molecule has 0 N–H and O–H groups in total. The molecular formula is C46H24N4OPtS2. The number of rotatable bonds is 4. The largest absolute Gasteiger partial charge is 2.00 e. The van der Waals surface area contributed by atoms with E-state index >= 15 is 0 Å². The summed E-state index contributed by atoms with van der Waals surface area (Å²) in [5.74, 6) is 3.01. The van der Waals surface area contributed by atoms with Crippen molar-refractivity contribution in [3.63, 3.8) is 0 Å². The van der Waals surface area contributed by atoms with Crippen LogP contribution >= 0.6 is 22.7 Å². The Balaban J connectivity index is 0.00000341. The number of hydrogen-bond acceptors (Lipinski definition) is 5. The topological polar surface area (TPSA) is 44.9 Å². The number of para-hydroxylation sites is 2. The Morgan fingerprint density at radius 3 is 1.30 bits per heavy atom. The van der Waals surface area contributed by atoms with E-state index in [-0.39, 0.29) is 21.1 Å². The summed E-state index contributed by atoms with van der Waals surface area (Å²) in [5.41, 5.74) is 4.00. The van der Waals surface area contributed by atoms with Gasteiger partial charge in [0.15, 0.2) is 0 Å². The smallest absolute Gasteiger partial charge is 0.506 e. The number of ether oxygens (including phenoxy) is 1. The van der Waals surface area contributed by atoms with Crippen molar-refractivity contribution in [3.8, 4) is 23.1 Å². The minimum absolute atomic E-state index is 0. The van der Waals surface area contributed by atoms with Crippen LogP contribution in [0, 0.1) is 12.1 Å². The maximum Gasteiger partial charge on any atom is 2.00 e. The summed E-state index contributed by atoms with van der Waals surface area (Å²) in [6.45, 7) is 0. The van der Waals surface area contributed by atoms with Gasteiger partial charge in [0.05, 0.1) is 0 Å². The SMILES string of the molecule is [Pt+2].[c-]1c(Oc2[c-]c3c(c4ccccc4n3-c3ccccn3)c3c2sc2ccccc23)c2sc3ccccc3c2c2c3ccccc3n(-c3ccccn3)c12. The molecule has 12 aromatic rings. The van der Waals surface area contributed by atoms with Gasteiger partial charge in [-0.25, -0.2) is 32.6 Å². The van der Waals surface area contributed by atoms with Crippen LogP contribution < -0.4 is 4.74 Å².